The molecule has 0 bridgehead atoms. The Kier molecular flexibility index (Phi) is 3.87. The van der Waals surface area contributed by atoms with E-state index in [1.54, 1.807) is 18.0 Å². The van der Waals surface area contributed by atoms with Gasteiger partial charge in [-0.05, 0) is 30.5 Å². The lowest BCUT2D eigenvalue weighted by atomic mass is 9.94. The first-order valence-electron chi connectivity index (χ1n) is 6.18. The fourth-order valence-corrected chi connectivity index (χ4v) is 2.49. The number of hydrogen-bond acceptors (Lipinski definition) is 4. The van der Waals surface area contributed by atoms with Gasteiger partial charge in [0.15, 0.2) is 5.75 Å². The van der Waals surface area contributed by atoms with E-state index >= 15 is 0 Å². The van der Waals surface area contributed by atoms with Crippen LogP contribution in [-0.4, -0.2) is 16.9 Å². The number of benzene rings is 1. The molecule has 1 aromatic heterocycles. The number of hydrazine groups is 1. The summed E-state index contributed by atoms with van der Waals surface area (Å²) in [5.41, 5.74) is 7.33. The van der Waals surface area contributed by atoms with Crippen LogP contribution in [0, 0.1) is 13.8 Å². The normalized spacial score (nSPS) is 12.5. The van der Waals surface area contributed by atoms with Crippen LogP contribution in [0.2, 0.25) is 0 Å². The van der Waals surface area contributed by atoms with E-state index in [2.05, 4.69) is 36.5 Å². The van der Waals surface area contributed by atoms with Crippen LogP contribution < -0.4 is 16.0 Å². The molecule has 2 aromatic rings. The van der Waals surface area contributed by atoms with Crippen LogP contribution >= 0.6 is 0 Å². The zero-order valence-electron chi connectivity index (χ0n) is 11.8. The molecule has 5 nitrogen and oxygen atoms in total. The molecule has 1 unspecified atom stereocenters. The molecule has 1 aromatic carbocycles. The van der Waals surface area contributed by atoms with Crippen LogP contribution in [0.25, 0.3) is 0 Å². The van der Waals surface area contributed by atoms with E-state index in [9.17, 15) is 0 Å². The van der Waals surface area contributed by atoms with Crippen molar-refractivity contribution in [2.45, 2.75) is 19.9 Å². The first-order valence-corrected chi connectivity index (χ1v) is 6.18. The molecule has 3 N–H and O–H groups in total. The van der Waals surface area contributed by atoms with Gasteiger partial charge in [0, 0.05) is 7.05 Å². The van der Waals surface area contributed by atoms with Gasteiger partial charge in [-0.25, -0.2) is 5.43 Å². The Bertz CT molecular complexity index is 557. The largest absolute Gasteiger partial charge is 0.493 e. The van der Waals surface area contributed by atoms with Gasteiger partial charge in [0.25, 0.3) is 0 Å². The highest BCUT2D eigenvalue weighted by molar-refractivity contribution is 5.43. The minimum absolute atomic E-state index is 0.149. The second-order valence-electron chi connectivity index (χ2n) is 4.63. The molecule has 0 spiro atoms. The fraction of sp³-hybridized carbons (Fsp3) is 0.357. The van der Waals surface area contributed by atoms with Crippen molar-refractivity contribution in [3.8, 4) is 5.75 Å². The molecule has 1 heterocycles. The van der Waals surface area contributed by atoms with Crippen molar-refractivity contribution in [2.24, 2.45) is 12.9 Å². The van der Waals surface area contributed by atoms with E-state index in [0.29, 0.717) is 0 Å². The van der Waals surface area contributed by atoms with Gasteiger partial charge in [0.2, 0.25) is 0 Å². The minimum Gasteiger partial charge on any atom is -0.493 e. The number of methoxy groups -OCH3 is 1. The second-order valence-corrected chi connectivity index (χ2v) is 4.63. The first kappa shape index (κ1) is 13.6. The van der Waals surface area contributed by atoms with Crippen LogP contribution in [0.3, 0.4) is 0 Å². The minimum atomic E-state index is -0.149. The van der Waals surface area contributed by atoms with Gasteiger partial charge in [-0.15, -0.1) is 0 Å². The van der Waals surface area contributed by atoms with Gasteiger partial charge in [-0.2, -0.15) is 5.10 Å². The Morgan fingerprint density at radius 3 is 2.47 bits per heavy atom. The molecule has 5 heteroatoms. The number of aryl methyl sites for hydroxylation is 3. The zero-order valence-corrected chi connectivity index (χ0v) is 11.8. The Morgan fingerprint density at radius 2 is 1.95 bits per heavy atom. The third-order valence-corrected chi connectivity index (χ3v) is 3.44. The lowest BCUT2D eigenvalue weighted by Gasteiger charge is -2.22. The summed E-state index contributed by atoms with van der Waals surface area (Å²) in [5.74, 6) is 6.51. The summed E-state index contributed by atoms with van der Waals surface area (Å²) < 4.78 is 7.16. The maximum absolute atomic E-state index is 5.78. The molecule has 0 aliphatic heterocycles. The van der Waals surface area contributed by atoms with Crippen LogP contribution in [0.5, 0.6) is 5.75 Å². The maximum Gasteiger partial charge on any atom is 0.161 e. The quantitative estimate of drug-likeness (QED) is 0.647. The highest BCUT2D eigenvalue weighted by Gasteiger charge is 2.24. The highest BCUT2D eigenvalue weighted by atomic mass is 16.5. The van der Waals surface area contributed by atoms with Crippen LogP contribution in [0.4, 0.5) is 0 Å². The molecule has 0 aliphatic carbocycles. The van der Waals surface area contributed by atoms with Crippen molar-refractivity contribution in [1.82, 2.24) is 15.2 Å². The highest BCUT2D eigenvalue weighted by Crippen LogP contribution is 2.32. The third-order valence-electron chi connectivity index (χ3n) is 3.44. The molecule has 0 saturated carbocycles. The summed E-state index contributed by atoms with van der Waals surface area (Å²) in [5, 5.41) is 4.24. The number of nitrogens with one attached hydrogen (secondary N) is 1. The summed E-state index contributed by atoms with van der Waals surface area (Å²) in [7, 11) is 3.52. The predicted molar refractivity (Wildman–Crippen MR) is 74.8 cm³/mol. The summed E-state index contributed by atoms with van der Waals surface area (Å²) in [6.45, 7) is 4.16. The van der Waals surface area contributed by atoms with E-state index < -0.39 is 0 Å². The number of nitrogens with zero attached hydrogens (tertiary/aromatic N) is 2. The van der Waals surface area contributed by atoms with Gasteiger partial charge >= 0.3 is 0 Å². The van der Waals surface area contributed by atoms with Crippen molar-refractivity contribution >= 4 is 0 Å². The van der Waals surface area contributed by atoms with E-state index in [4.69, 9.17) is 10.6 Å². The average Bonchev–Trinajstić information content (AvgIpc) is 2.75. The van der Waals surface area contributed by atoms with E-state index in [1.165, 1.54) is 11.1 Å². The molecule has 0 amide bonds. The Balaban J connectivity index is 2.59. The summed E-state index contributed by atoms with van der Waals surface area (Å²) >= 11 is 0. The maximum atomic E-state index is 5.78. The van der Waals surface area contributed by atoms with Crippen molar-refractivity contribution in [3.05, 3.63) is 46.8 Å². The molecule has 102 valence electrons. The molecule has 0 aliphatic rings. The van der Waals surface area contributed by atoms with E-state index in [1.807, 2.05) is 13.1 Å². The summed E-state index contributed by atoms with van der Waals surface area (Å²) in [4.78, 5) is 0. The number of aromatic nitrogens is 2. The molecule has 2 rings (SSSR count). The van der Waals surface area contributed by atoms with Gasteiger partial charge in [-0.3, -0.25) is 10.5 Å². The van der Waals surface area contributed by atoms with Gasteiger partial charge < -0.3 is 4.74 Å². The van der Waals surface area contributed by atoms with Crippen LogP contribution in [-0.2, 0) is 7.05 Å². The molecular formula is C14H20N4O. The standard InChI is InChI=1S/C14H20N4O/c1-9-6-5-7-10(2)12(9)13(17-15)14-11(19-4)8-16-18(14)3/h5-8,13,17H,15H2,1-4H3. The monoisotopic (exact) mass is 260 g/mol. The second kappa shape index (κ2) is 5.42. The van der Waals surface area contributed by atoms with E-state index in [-0.39, 0.29) is 6.04 Å². The topological polar surface area (TPSA) is 65.1 Å². The Hall–Kier alpha value is -1.85. The van der Waals surface area contributed by atoms with Gasteiger partial charge in [0.05, 0.1) is 19.3 Å². The van der Waals surface area contributed by atoms with Crippen LogP contribution in [0.1, 0.15) is 28.4 Å². The number of hydrogen-bond donors (Lipinski definition) is 2. The molecule has 0 saturated heterocycles. The molecular weight excluding hydrogens is 240 g/mol. The number of ether oxygens (including phenoxy) is 1. The zero-order chi connectivity index (χ0) is 14.0. The molecule has 0 radical (unpaired) electrons. The molecule has 19 heavy (non-hydrogen) atoms. The lowest BCUT2D eigenvalue weighted by molar-refractivity contribution is 0.401. The van der Waals surface area contributed by atoms with E-state index in [0.717, 1.165) is 17.0 Å². The van der Waals surface area contributed by atoms with Gasteiger partial charge in [-0.1, -0.05) is 18.2 Å². The average molecular weight is 260 g/mol. The lowest BCUT2D eigenvalue weighted by Crippen LogP contribution is -2.31. The van der Waals surface area contributed by atoms with Gasteiger partial charge in [0.1, 0.15) is 5.69 Å². The number of rotatable bonds is 4. The fourth-order valence-electron chi connectivity index (χ4n) is 2.49. The van der Waals surface area contributed by atoms with Crippen molar-refractivity contribution in [1.29, 1.82) is 0 Å². The van der Waals surface area contributed by atoms with Crippen molar-refractivity contribution in [3.63, 3.8) is 0 Å². The smallest absolute Gasteiger partial charge is 0.161 e. The summed E-state index contributed by atoms with van der Waals surface area (Å²) in [6, 6.07) is 6.05. The molecule has 1 atom stereocenters. The Morgan fingerprint density at radius 1 is 1.32 bits per heavy atom. The predicted octanol–water partition coefficient (Wildman–Crippen LogP) is 1.60. The van der Waals surface area contributed by atoms with Crippen LogP contribution in [0.15, 0.2) is 24.4 Å². The summed E-state index contributed by atoms with van der Waals surface area (Å²) in [6.07, 6.45) is 1.70. The van der Waals surface area contributed by atoms with Crippen molar-refractivity contribution in [2.75, 3.05) is 7.11 Å². The molecule has 0 fully saturated rings. The number of nitrogens with two attached hydrogens (primary N) is 1. The first-order chi connectivity index (χ1) is 9.10. The third kappa shape index (κ3) is 2.34. The SMILES string of the molecule is COc1cnn(C)c1C(NN)c1c(C)cccc1C. The Labute approximate surface area is 113 Å². The van der Waals surface area contributed by atoms with Crippen molar-refractivity contribution < 1.29 is 4.74 Å².